The highest BCUT2D eigenvalue weighted by Crippen LogP contribution is 2.57. The lowest BCUT2D eigenvalue weighted by Gasteiger charge is -2.19. The first-order chi connectivity index (χ1) is 16.8. The molecule has 1 fully saturated rings. The Labute approximate surface area is 202 Å². The van der Waals surface area contributed by atoms with Gasteiger partial charge in [0, 0.05) is 23.0 Å². The predicted molar refractivity (Wildman–Crippen MR) is 124 cm³/mol. The molecule has 1 aliphatic rings. The Bertz CT molecular complexity index is 1520. The highest BCUT2D eigenvalue weighted by Gasteiger charge is 2.46. The molecular weight excluding hydrogens is 520 g/mol. The van der Waals surface area contributed by atoms with Crippen molar-refractivity contribution in [3.63, 3.8) is 0 Å². The molecule has 0 saturated carbocycles. The minimum Gasteiger partial charge on any atom is -0.387 e. The first-order valence-electron chi connectivity index (χ1n) is 9.96. The highest BCUT2D eigenvalue weighted by atomic mass is 31.3. The van der Waals surface area contributed by atoms with Gasteiger partial charge in [-0.1, -0.05) is 12.5 Å². The first-order valence-corrected chi connectivity index (χ1v) is 13.0. The number of hydrogen-bond donors (Lipinski definition) is 7. The van der Waals surface area contributed by atoms with Crippen LogP contribution in [0.4, 0.5) is 11.6 Å². The largest absolute Gasteiger partial charge is 0.481 e. The average Bonchev–Trinajstić information content (AvgIpc) is 3.29. The molecule has 0 spiro atoms. The maximum absolute atomic E-state index is 11.7. The van der Waals surface area contributed by atoms with Crippen molar-refractivity contribution in [2.75, 3.05) is 17.7 Å². The second-order valence-corrected chi connectivity index (χ2v) is 10.5. The lowest BCUT2D eigenvalue weighted by molar-refractivity contribution is -0.0506. The lowest BCUT2D eigenvalue weighted by Crippen LogP contribution is -2.33. The van der Waals surface area contributed by atoms with Gasteiger partial charge in [0.1, 0.15) is 29.9 Å². The summed E-state index contributed by atoms with van der Waals surface area (Å²) in [6, 6.07) is 9.03. The van der Waals surface area contributed by atoms with Gasteiger partial charge >= 0.3 is 15.6 Å². The van der Waals surface area contributed by atoms with Crippen LogP contribution in [-0.2, 0) is 22.7 Å². The van der Waals surface area contributed by atoms with Gasteiger partial charge in [0.2, 0.25) is 0 Å². The number of aliphatic hydroxyl groups is 2. The molecule has 190 valence electrons. The number of pyridine rings is 1. The van der Waals surface area contributed by atoms with Crippen LogP contribution in [0.5, 0.6) is 0 Å². The molecule has 8 N–H and O–H groups in total. The fourth-order valence-corrected chi connectivity index (χ4v) is 5.51. The fourth-order valence-electron chi connectivity index (χ4n) is 3.91. The van der Waals surface area contributed by atoms with Gasteiger partial charge in [0.05, 0.1) is 29.1 Å². The van der Waals surface area contributed by atoms with E-state index < -0.39 is 46.8 Å². The maximum Gasteiger partial charge on any atom is 0.481 e. The minimum atomic E-state index is -5.35. The van der Waals surface area contributed by atoms with Crippen molar-refractivity contribution in [3.8, 4) is 18.5 Å². The van der Waals surface area contributed by atoms with E-state index in [2.05, 4.69) is 25.2 Å². The first kappa shape index (κ1) is 26.0. The number of phosphoric ester groups is 1. The second-order valence-electron chi connectivity index (χ2n) is 7.67. The van der Waals surface area contributed by atoms with Crippen LogP contribution in [0.3, 0.4) is 0 Å². The van der Waals surface area contributed by atoms with Crippen LogP contribution in [-0.4, -0.2) is 59.4 Å². The summed E-state index contributed by atoms with van der Waals surface area (Å²) in [6.07, 6.45) is 0.970. The third kappa shape index (κ3) is 4.95. The summed E-state index contributed by atoms with van der Waals surface area (Å²) in [4.78, 5) is 31.2. The van der Waals surface area contributed by atoms with E-state index in [1.807, 2.05) is 6.07 Å². The Morgan fingerprint density at radius 3 is 2.61 bits per heavy atom. The number of anilines is 2. The fraction of sp³-hybridized carbons (Fsp3) is 0.263. The van der Waals surface area contributed by atoms with Crippen molar-refractivity contribution in [2.24, 2.45) is 0 Å². The van der Waals surface area contributed by atoms with E-state index in [1.165, 1.54) is 10.8 Å². The number of hydrogen-bond acceptors (Lipinski definition) is 11. The minimum absolute atomic E-state index is 0.0489. The molecule has 1 aromatic carbocycles. The molecule has 17 heteroatoms. The van der Waals surface area contributed by atoms with Crippen LogP contribution < -0.4 is 11.1 Å². The van der Waals surface area contributed by atoms with E-state index >= 15 is 0 Å². The highest BCUT2D eigenvalue weighted by molar-refractivity contribution is 7.60. The summed E-state index contributed by atoms with van der Waals surface area (Å²) in [6.45, 7) is -0.870. The van der Waals surface area contributed by atoms with Crippen LogP contribution in [0.25, 0.3) is 21.7 Å². The van der Waals surface area contributed by atoms with Gasteiger partial charge in [0.15, 0.2) is 6.23 Å². The van der Waals surface area contributed by atoms with Crippen molar-refractivity contribution >= 4 is 49.0 Å². The molecule has 0 aliphatic carbocycles. The van der Waals surface area contributed by atoms with Crippen molar-refractivity contribution in [1.29, 1.82) is 5.26 Å². The average molecular weight is 539 g/mol. The van der Waals surface area contributed by atoms with Gasteiger partial charge in [-0.25, -0.2) is 14.1 Å². The number of ether oxygens (including phenoxy) is 1. The summed E-state index contributed by atoms with van der Waals surface area (Å²) >= 11 is 0. The smallest absolute Gasteiger partial charge is 0.387 e. The Morgan fingerprint density at radius 1 is 1.25 bits per heavy atom. The Hall–Kier alpha value is -3.04. The monoisotopic (exact) mass is 539 g/mol. The van der Waals surface area contributed by atoms with E-state index in [4.69, 9.17) is 31.9 Å². The molecule has 3 heterocycles. The molecule has 0 amide bonds. The number of aliphatic hydroxyl groups excluding tert-OH is 2. The van der Waals surface area contributed by atoms with Gasteiger partial charge in [-0.2, -0.15) is 9.57 Å². The van der Waals surface area contributed by atoms with E-state index in [9.17, 15) is 24.2 Å². The van der Waals surface area contributed by atoms with Crippen LogP contribution in [0, 0.1) is 23.8 Å². The van der Waals surface area contributed by atoms with Crippen molar-refractivity contribution in [2.45, 2.75) is 24.5 Å². The molecule has 1 saturated heterocycles. The van der Waals surface area contributed by atoms with Crippen molar-refractivity contribution in [1.82, 2.24) is 9.55 Å². The standard InChI is InChI=1S/C19H19N5O10P2/c1-2-22-18-14-11(10-4-3-9(6-20)5-12(10)23-17(14)21)7-24(18)19-16(26)15(25)13(33-19)8-32-36(30,31)34-35(27,28)29/h1,3-5,7,13,15-16,19,22,25-26H,8H2,(H2,21,23)(H,30,31)(H2,27,28,29). The molecule has 3 aromatic rings. The number of fused-ring (bicyclic) bond motifs is 3. The molecule has 15 nitrogen and oxygen atoms in total. The molecule has 5 unspecified atom stereocenters. The number of benzene rings is 1. The van der Waals surface area contributed by atoms with E-state index in [0.717, 1.165) is 0 Å². The number of aromatic nitrogens is 2. The normalized spacial score (nSPS) is 23.9. The maximum atomic E-state index is 11.7. The molecule has 0 radical (unpaired) electrons. The summed E-state index contributed by atoms with van der Waals surface area (Å²) in [5, 5.41) is 34.4. The van der Waals surface area contributed by atoms with Crippen LogP contribution in [0.1, 0.15) is 11.8 Å². The van der Waals surface area contributed by atoms with Gasteiger partial charge in [-0.15, -0.1) is 0 Å². The van der Waals surface area contributed by atoms with E-state index in [-0.39, 0.29) is 11.6 Å². The van der Waals surface area contributed by atoms with Crippen molar-refractivity contribution in [3.05, 3.63) is 30.0 Å². The zero-order valence-electron chi connectivity index (χ0n) is 18.0. The number of nitriles is 1. The summed E-state index contributed by atoms with van der Waals surface area (Å²) < 4.78 is 37.8. The number of nitrogen functional groups attached to an aromatic ring is 1. The van der Waals surface area contributed by atoms with Gasteiger partial charge in [0.25, 0.3) is 0 Å². The number of nitrogens with zero attached hydrogens (tertiary/aromatic N) is 3. The van der Waals surface area contributed by atoms with E-state index in [1.54, 1.807) is 18.2 Å². The Morgan fingerprint density at radius 2 is 1.97 bits per heavy atom. The van der Waals surface area contributed by atoms with Crippen LogP contribution in [0.2, 0.25) is 0 Å². The second kappa shape index (κ2) is 9.44. The third-order valence-electron chi connectivity index (χ3n) is 5.36. The molecule has 4 rings (SSSR count). The topological polar surface area (TPSA) is 243 Å². The molecule has 2 aromatic heterocycles. The SMILES string of the molecule is C#CNc1c2c(N)nc3cc(C#N)ccc3c2cn1C1OC(COP(=O)(O)OP(=O)(O)O)C(O)C1O. The molecule has 5 atom stereocenters. The predicted octanol–water partition coefficient (Wildman–Crippen LogP) is 0.491. The van der Waals surface area contributed by atoms with Gasteiger partial charge in [-0.05, 0) is 12.1 Å². The number of nitrogens with one attached hydrogen (secondary N) is 1. The number of rotatable bonds is 7. The summed E-state index contributed by atoms with van der Waals surface area (Å²) in [5.41, 5.74) is 6.95. The zero-order chi connectivity index (χ0) is 26.4. The lowest BCUT2D eigenvalue weighted by atomic mass is 10.1. The molecular formula is C19H19N5O10P2. The van der Waals surface area contributed by atoms with Crippen molar-refractivity contribution < 1.29 is 47.6 Å². The summed E-state index contributed by atoms with van der Waals surface area (Å²) in [5.74, 6) is 0.229. The summed E-state index contributed by atoms with van der Waals surface area (Å²) in [7, 11) is -10.6. The number of phosphoric acid groups is 2. The van der Waals surface area contributed by atoms with Crippen LogP contribution in [0.15, 0.2) is 24.4 Å². The van der Waals surface area contributed by atoms with Crippen LogP contribution >= 0.6 is 15.6 Å². The van der Waals surface area contributed by atoms with E-state index in [0.29, 0.717) is 27.2 Å². The Balaban J connectivity index is 1.72. The third-order valence-corrected chi connectivity index (χ3v) is 7.51. The molecule has 36 heavy (non-hydrogen) atoms. The van der Waals surface area contributed by atoms with Gasteiger partial charge in [-0.3, -0.25) is 4.52 Å². The van der Waals surface area contributed by atoms with Gasteiger partial charge < -0.3 is 45.2 Å². The number of terminal acetylenes is 1. The Kier molecular flexibility index (Phi) is 6.83. The molecule has 0 bridgehead atoms. The number of nitrogens with two attached hydrogens (primary N) is 1. The zero-order valence-corrected chi connectivity index (χ0v) is 19.8. The molecule has 1 aliphatic heterocycles. The quantitative estimate of drug-likeness (QED) is 0.123.